The van der Waals surface area contributed by atoms with E-state index in [1.165, 1.54) is 6.42 Å². The summed E-state index contributed by atoms with van der Waals surface area (Å²) in [7, 11) is 0. The van der Waals surface area contributed by atoms with Crippen LogP contribution in [0.3, 0.4) is 0 Å². The molecule has 3 rings (SSSR count). The Hall–Kier alpha value is -2.90. The van der Waals surface area contributed by atoms with E-state index in [-0.39, 0.29) is 17.7 Å². The molecule has 168 valence electrons. The van der Waals surface area contributed by atoms with Crippen LogP contribution in [0.5, 0.6) is 5.75 Å². The van der Waals surface area contributed by atoms with Crippen molar-refractivity contribution < 1.29 is 14.3 Å². The number of aryl methyl sites for hydroxylation is 1. The lowest BCUT2D eigenvalue weighted by Crippen LogP contribution is -2.50. The first-order chi connectivity index (χ1) is 15.0. The van der Waals surface area contributed by atoms with Gasteiger partial charge in [-0.1, -0.05) is 32.4 Å². The van der Waals surface area contributed by atoms with Crippen LogP contribution in [0.25, 0.3) is 0 Å². The van der Waals surface area contributed by atoms with Gasteiger partial charge in [-0.05, 0) is 37.8 Å². The summed E-state index contributed by atoms with van der Waals surface area (Å²) < 4.78 is 7.73. The molecule has 2 N–H and O–H groups in total. The van der Waals surface area contributed by atoms with Crippen molar-refractivity contribution >= 4 is 11.8 Å². The Bertz CT molecular complexity index is 893. The molecule has 31 heavy (non-hydrogen) atoms. The summed E-state index contributed by atoms with van der Waals surface area (Å²) >= 11 is 0. The Kier molecular flexibility index (Phi) is 8.03. The van der Waals surface area contributed by atoms with Gasteiger partial charge in [0.1, 0.15) is 23.4 Å². The van der Waals surface area contributed by atoms with E-state index in [1.54, 1.807) is 18.2 Å². The van der Waals surface area contributed by atoms with Crippen molar-refractivity contribution in [1.82, 2.24) is 25.4 Å². The van der Waals surface area contributed by atoms with Crippen molar-refractivity contribution in [3.05, 3.63) is 41.5 Å². The number of ether oxygens (including phenoxy) is 1. The smallest absolute Gasteiger partial charge is 0.255 e. The molecule has 0 aliphatic carbocycles. The molecule has 0 saturated carbocycles. The van der Waals surface area contributed by atoms with E-state index in [0.29, 0.717) is 30.9 Å². The highest BCUT2D eigenvalue weighted by Crippen LogP contribution is 2.18. The topological polar surface area (TPSA) is 98.1 Å². The number of carbonyl (C=O) groups excluding carboxylic acids is 2. The number of hydrogen-bond acceptors (Lipinski definition) is 5. The molecule has 2 amide bonds. The van der Waals surface area contributed by atoms with Gasteiger partial charge in [-0.2, -0.15) is 0 Å². The van der Waals surface area contributed by atoms with Gasteiger partial charge < -0.3 is 19.9 Å². The van der Waals surface area contributed by atoms with Gasteiger partial charge in [0.25, 0.3) is 5.91 Å². The van der Waals surface area contributed by atoms with E-state index in [2.05, 4.69) is 25.4 Å². The van der Waals surface area contributed by atoms with Crippen LogP contribution < -0.4 is 15.4 Å². The van der Waals surface area contributed by atoms with Crippen molar-refractivity contribution in [2.45, 2.75) is 65.5 Å². The van der Waals surface area contributed by atoms with Crippen LogP contribution in [-0.2, 0) is 24.2 Å². The Balaban J connectivity index is 1.59. The van der Waals surface area contributed by atoms with Crippen molar-refractivity contribution in [2.24, 2.45) is 5.92 Å². The number of para-hydroxylation sites is 1. The number of fused-ring (bicyclic) bond motifs is 1. The summed E-state index contributed by atoms with van der Waals surface area (Å²) in [4.78, 5) is 25.7. The molecule has 1 aromatic heterocycles. The van der Waals surface area contributed by atoms with Crippen LogP contribution in [0.4, 0.5) is 0 Å². The zero-order valence-electron chi connectivity index (χ0n) is 18.7. The van der Waals surface area contributed by atoms with Crippen molar-refractivity contribution in [3.63, 3.8) is 0 Å². The predicted molar refractivity (Wildman–Crippen MR) is 118 cm³/mol. The fourth-order valence-corrected chi connectivity index (χ4v) is 3.83. The average Bonchev–Trinajstić information content (AvgIpc) is 2.98. The summed E-state index contributed by atoms with van der Waals surface area (Å²) in [6, 6.07) is 6.41. The summed E-state index contributed by atoms with van der Waals surface area (Å²) in [5.41, 5.74) is 0.425. The monoisotopic (exact) mass is 427 g/mol. The minimum Gasteiger partial charge on any atom is -0.493 e. The number of nitrogens with zero attached hydrogens (tertiary/aromatic N) is 3. The quantitative estimate of drug-likeness (QED) is 0.641. The summed E-state index contributed by atoms with van der Waals surface area (Å²) in [5.74, 6) is 1.88. The Morgan fingerprint density at radius 2 is 1.97 bits per heavy atom. The average molecular weight is 428 g/mol. The molecule has 0 radical (unpaired) electrons. The molecule has 8 heteroatoms. The summed E-state index contributed by atoms with van der Waals surface area (Å²) in [6.07, 6.45) is 5.07. The Morgan fingerprint density at radius 1 is 1.16 bits per heavy atom. The van der Waals surface area contributed by atoms with E-state index < -0.39 is 6.04 Å². The lowest BCUT2D eigenvalue weighted by Gasteiger charge is -2.22. The van der Waals surface area contributed by atoms with Gasteiger partial charge in [-0.3, -0.25) is 9.59 Å². The molecular formula is C23H33N5O3. The number of benzene rings is 1. The van der Waals surface area contributed by atoms with Crippen LogP contribution in [-0.4, -0.2) is 45.8 Å². The number of rotatable bonds is 9. The van der Waals surface area contributed by atoms with E-state index in [0.717, 1.165) is 37.5 Å². The lowest BCUT2D eigenvalue weighted by atomic mass is 10.0. The van der Waals surface area contributed by atoms with Crippen LogP contribution in [0.2, 0.25) is 0 Å². The van der Waals surface area contributed by atoms with Gasteiger partial charge in [0.05, 0.1) is 12.2 Å². The molecule has 0 saturated heterocycles. The first-order valence-corrected chi connectivity index (χ1v) is 11.2. The molecule has 0 fully saturated rings. The van der Waals surface area contributed by atoms with Gasteiger partial charge in [0, 0.05) is 25.9 Å². The van der Waals surface area contributed by atoms with E-state index in [1.807, 2.05) is 26.8 Å². The largest absolute Gasteiger partial charge is 0.493 e. The van der Waals surface area contributed by atoms with Gasteiger partial charge in [0.2, 0.25) is 5.91 Å². The minimum atomic E-state index is -0.641. The lowest BCUT2D eigenvalue weighted by molar-refractivity contribution is -0.123. The van der Waals surface area contributed by atoms with Gasteiger partial charge >= 0.3 is 0 Å². The third kappa shape index (κ3) is 5.83. The van der Waals surface area contributed by atoms with Gasteiger partial charge in [-0.25, -0.2) is 0 Å². The fraction of sp³-hybridized carbons (Fsp3) is 0.565. The predicted octanol–water partition coefficient (Wildman–Crippen LogP) is 2.52. The summed E-state index contributed by atoms with van der Waals surface area (Å²) in [6.45, 7) is 7.55. The van der Waals surface area contributed by atoms with E-state index in [9.17, 15) is 9.59 Å². The maximum atomic E-state index is 12.8. The van der Waals surface area contributed by atoms with E-state index >= 15 is 0 Å². The number of carbonyl (C=O) groups is 2. The zero-order valence-corrected chi connectivity index (χ0v) is 18.7. The van der Waals surface area contributed by atoms with Crippen molar-refractivity contribution in [2.75, 3.05) is 13.2 Å². The molecule has 1 unspecified atom stereocenters. The molecule has 0 bridgehead atoms. The van der Waals surface area contributed by atoms with Crippen LogP contribution in [0.1, 0.15) is 62.0 Å². The minimum absolute atomic E-state index is 0.0624. The van der Waals surface area contributed by atoms with Crippen LogP contribution in [0, 0.1) is 5.92 Å². The Labute approximate surface area is 183 Å². The van der Waals surface area contributed by atoms with Crippen molar-refractivity contribution in [3.8, 4) is 5.75 Å². The highest BCUT2D eigenvalue weighted by Gasteiger charge is 2.26. The first kappa shape index (κ1) is 22.8. The molecule has 1 aromatic carbocycles. The molecule has 8 nitrogen and oxygen atoms in total. The third-order valence-electron chi connectivity index (χ3n) is 5.50. The molecule has 1 aliphatic heterocycles. The normalized spacial score (nSPS) is 14.5. The van der Waals surface area contributed by atoms with Gasteiger partial charge in [-0.15, -0.1) is 10.2 Å². The maximum Gasteiger partial charge on any atom is 0.255 e. The number of amides is 2. The molecular weight excluding hydrogens is 394 g/mol. The second-order valence-electron chi connectivity index (χ2n) is 8.16. The second-order valence-corrected chi connectivity index (χ2v) is 8.16. The number of nitrogens with one attached hydrogen (secondary N) is 2. The molecule has 0 spiro atoms. The van der Waals surface area contributed by atoms with Crippen molar-refractivity contribution in [1.29, 1.82) is 0 Å². The Morgan fingerprint density at radius 3 is 2.74 bits per heavy atom. The van der Waals surface area contributed by atoms with Crippen LogP contribution >= 0.6 is 0 Å². The maximum absolute atomic E-state index is 12.8. The molecule has 2 heterocycles. The van der Waals surface area contributed by atoms with E-state index in [4.69, 9.17) is 4.74 Å². The van der Waals surface area contributed by atoms with Gasteiger partial charge in [0.15, 0.2) is 0 Å². The number of aromatic nitrogens is 3. The SMILES string of the molecule is CCOc1ccccc1C(=O)NC(C(=O)NCCc1nnc2n1CCCCC2)C(C)C. The standard InChI is InChI=1S/C23H33N5O3/c1-4-31-18-11-8-7-10-17(18)22(29)25-21(16(2)3)23(30)24-14-13-20-27-26-19-12-6-5-9-15-28(19)20/h7-8,10-11,16,21H,4-6,9,12-15H2,1-3H3,(H,24,30)(H,25,29). The number of hydrogen-bond donors (Lipinski definition) is 2. The highest BCUT2D eigenvalue weighted by atomic mass is 16.5. The molecule has 1 atom stereocenters. The third-order valence-corrected chi connectivity index (χ3v) is 5.50. The molecule has 2 aromatic rings. The second kappa shape index (κ2) is 10.9. The molecule has 1 aliphatic rings. The zero-order chi connectivity index (χ0) is 22.2. The van der Waals surface area contributed by atoms with Crippen LogP contribution in [0.15, 0.2) is 24.3 Å². The highest BCUT2D eigenvalue weighted by molar-refractivity contribution is 5.99. The summed E-state index contributed by atoms with van der Waals surface area (Å²) in [5, 5.41) is 14.4. The first-order valence-electron chi connectivity index (χ1n) is 11.2. The fourth-order valence-electron chi connectivity index (χ4n) is 3.83.